The number of methoxy groups -OCH3 is 1. The van der Waals surface area contributed by atoms with Crippen LogP contribution in [0.5, 0.6) is 0 Å². The van der Waals surface area contributed by atoms with Crippen molar-refractivity contribution < 1.29 is 13.9 Å². The second-order valence-corrected chi connectivity index (χ2v) is 2.15. The summed E-state index contributed by atoms with van der Waals surface area (Å²) in [4.78, 5) is 17.8. The zero-order chi connectivity index (χ0) is 9.68. The molecule has 0 radical (unpaired) electrons. The second-order valence-electron chi connectivity index (χ2n) is 2.15. The first-order valence-corrected chi connectivity index (χ1v) is 3.50. The molecule has 6 heteroatoms. The number of hydrogen-bond donors (Lipinski definition) is 1. The van der Waals surface area contributed by atoms with E-state index in [-0.39, 0.29) is 12.5 Å². The molecule has 0 saturated carbocycles. The summed E-state index contributed by atoms with van der Waals surface area (Å²) in [6, 6.07) is 0. The van der Waals surface area contributed by atoms with Gasteiger partial charge in [-0.3, -0.25) is 4.79 Å². The molecular weight excluding hydrogens is 177 g/mol. The van der Waals surface area contributed by atoms with Crippen molar-refractivity contribution in [2.75, 3.05) is 19.0 Å². The van der Waals surface area contributed by atoms with Crippen molar-refractivity contribution in [3.63, 3.8) is 0 Å². The summed E-state index contributed by atoms with van der Waals surface area (Å²) in [7, 11) is 1.27. The van der Waals surface area contributed by atoms with Crippen LogP contribution in [0.1, 0.15) is 0 Å². The van der Waals surface area contributed by atoms with Crippen LogP contribution in [0.2, 0.25) is 0 Å². The number of esters is 1. The number of nitrogens with one attached hydrogen (secondary N) is 1. The molecule has 70 valence electrons. The van der Waals surface area contributed by atoms with Crippen LogP contribution in [0, 0.1) is 5.82 Å². The molecule has 13 heavy (non-hydrogen) atoms. The molecule has 5 nitrogen and oxygen atoms in total. The van der Waals surface area contributed by atoms with Crippen LogP contribution in [0.15, 0.2) is 12.4 Å². The molecule has 1 aromatic rings. The van der Waals surface area contributed by atoms with Crippen molar-refractivity contribution >= 4 is 11.9 Å². The molecule has 0 spiro atoms. The van der Waals surface area contributed by atoms with Crippen LogP contribution in [-0.4, -0.2) is 29.6 Å². The van der Waals surface area contributed by atoms with Crippen molar-refractivity contribution in [3.05, 3.63) is 18.2 Å². The summed E-state index contributed by atoms with van der Waals surface area (Å²) < 4.78 is 16.7. The van der Waals surface area contributed by atoms with Gasteiger partial charge in [0.15, 0.2) is 5.82 Å². The summed E-state index contributed by atoms with van der Waals surface area (Å²) in [5.41, 5.74) is 0. The van der Waals surface area contributed by atoms with Gasteiger partial charge in [0.1, 0.15) is 6.54 Å². The van der Waals surface area contributed by atoms with Crippen LogP contribution >= 0.6 is 0 Å². The number of hydrogen-bond acceptors (Lipinski definition) is 5. The Labute approximate surface area is 74.0 Å². The average molecular weight is 185 g/mol. The second kappa shape index (κ2) is 4.34. The fourth-order valence-electron chi connectivity index (χ4n) is 0.627. The Hall–Kier alpha value is -1.72. The summed E-state index contributed by atoms with van der Waals surface area (Å²) >= 11 is 0. The maximum Gasteiger partial charge on any atom is 0.325 e. The Morgan fingerprint density at radius 2 is 2.23 bits per heavy atom. The largest absolute Gasteiger partial charge is 0.468 e. The highest BCUT2D eigenvalue weighted by Gasteiger charge is 2.00. The summed E-state index contributed by atoms with van der Waals surface area (Å²) in [6.45, 7) is -0.0396. The van der Waals surface area contributed by atoms with Gasteiger partial charge in [-0.2, -0.15) is 0 Å². The van der Waals surface area contributed by atoms with E-state index >= 15 is 0 Å². The smallest absolute Gasteiger partial charge is 0.325 e. The average Bonchev–Trinajstić information content (AvgIpc) is 2.16. The summed E-state index contributed by atoms with van der Waals surface area (Å²) in [6.07, 6.45) is 2.01. The van der Waals surface area contributed by atoms with E-state index in [1.165, 1.54) is 7.11 Å². The van der Waals surface area contributed by atoms with Crippen molar-refractivity contribution in [3.8, 4) is 0 Å². The predicted molar refractivity (Wildman–Crippen MR) is 42.5 cm³/mol. The highest BCUT2D eigenvalue weighted by Crippen LogP contribution is 1.97. The van der Waals surface area contributed by atoms with Crippen molar-refractivity contribution in [2.24, 2.45) is 0 Å². The van der Waals surface area contributed by atoms with Crippen LogP contribution < -0.4 is 5.32 Å². The summed E-state index contributed by atoms with van der Waals surface area (Å²) in [5, 5.41) is 2.56. The molecule has 0 aromatic carbocycles. The summed E-state index contributed by atoms with van der Waals surface area (Å²) in [5.74, 6) is -0.775. The maximum absolute atomic E-state index is 12.3. The Kier molecular flexibility index (Phi) is 3.13. The van der Waals surface area contributed by atoms with Gasteiger partial charge in [-0.25, -0.2) is 14.4 Å². The quantitative estimate of drug-likeness (QED) is 0.681. The van der Waals surface area contributed by atoms with E-state index in [0.29, 0.717) is 0 Å². The third-order valence-electron chi connectivity index (χ3n) is 1.24. The van der Waals surface area contributed by atoms with E-state index in [0.717, 1.165) is 12.4 Å². The van der Waals surface area contributed by atoms with Gasteiger partial charge in [-0.15, -0.1) is 0 Å². The van der Waals surface area contributed by atoms with Crippen LogP contribution in [0.3, 0.4) is 0 Å². The minimum absolute atomic E-state index is 0.0396. The number of nitrogens with zero attached hydrogens (tertiary/aromatic N) is 2. The SMILES string of the molecule is COC(=O)CNc1ncc(F)cn1. The Balaban J connectivity index is 2.46. The Morgan fingerprint density at radius 3 is 2.77 bits per heavy atom. The van der Waals surface area contributed by atoms with E-state index in [1.807, 2.05) is 0 Å². The predicted octanol–water partition coefficient (Wildman–Crippen LogP) is 0.201. The van der Waals surface area contributed by atoms with Crippen LogP contribution in [0.25, 0.3) is 0 Å². The lowest BCUT2D eigenvalue weighted by Gasteiger charge is -2.01. The number of carbonyl (C=O) groups excluding carboxylic acids is 1. The molecule has 0 amide bonds. The van der Waals surface area contributed by atoms with E-state index in [4.69, 9.17) is 0 Å². The molecule has 0 atom stereocenters. The van der Waals surface area contributed by atoms with Gasteiger partial charge in [0.25, 0.3) is 0 Å². The van der Waals surface area contributed by atoms with E-state index in [2.05, 4.69) is 20.0 Å². The van der Waals surface area contributed by atoms with Gasteiger partial charge in [-0.05, 0) is 0 Å². The molecule has 1 N–H and O–H groups in total. The van der Waals surface area contributed by atoms with Gasteiger partial charge in [0.2, 0.25) is 5.95 Å². The maximum atomic E-state index is 12.3. The normalized spacial score (nSPS) is 9.38. The minimum atomic E-state index is -0.524. The van der Waals surface area contributed by atoms with Crippen molar-refractivity contribution in [1.82, 2.24) is 9.97 Å². The molecular formula is C7H8FN3O2. The first-order chi connectivity index (χ1) is 6.22. The highest BCUT2D eigenvalue weighted by molar-refractivity contribution is 5.73. The highest BCUT2D eigenvalue weighted by atomic mass is 19.1. The molecule has 1 heterocycles. The third kappa shape index (κ3) is 3.02. The van der Waals surface area contributed by atoms with Crippen molar-refractivity contribution in [2.45, 2.75) is 0 Å². The van der Waals surface area contributed by atoms with Gasteiger partial charge >= 0.3 is 5.97 Å². The number of anilines is 1. The Morgan fingerprint density at radius 1 is 1.62 bits per heavy atom. The van der Waals surface area contributed by atoms with Gasteiger partial charge < -0.3 is 10.1 Å². The number of halogens is 1. The molecule has 0 saturated heterocycles. The molecule has 0 aliphatic rings. The zero-order valence-electron chi connectivity index (χ0n) is 6.95. The topological polar surface area (TPSA) is 64.1 Å². The molecule has 1 rings (SSSR count). The lowest BCUT2D eigenvalue weighted by atomic mass is 10.6. The zero-order valence-corrected chi connectivity index (χ0v) is 6.95. The van der Waals surface area contributed by atoms with Gasteiger partial charge in [-0.1, -0.05) is 0 Å². The number of rotatable bonds is 3. The molecule has 0 aliphatic heterocycles. The monoisotopic (exact) mass is 185 g/mol. The lowest BCUT2D eigenvalue weighted by Crippen LogP contribution is -2.16. The van der Waals surface area contributed by atoms with Crippen molar-refractivity contribution in [1.29, 1.82) is 0 Å². The number of aromatic nitrogens is 2. The molecule has 0 aliphatic carbocycles. The molecule has 0 unspecified atom stereocenters. The van der Waals surface area contributed by atoms with E-state index in [1.54, 1.807) is 0 Å². The lowest BCUT2D eigenvalue weighted by molar-refractivity contribution is -0.138. The first-order valence-electron chi connectivity index (χ1n) is 3.50. The van der Waals surface area contributed by atoms with Crippen LogP contribution in [-0.2, 0) is 9.53 Å². The molecule has 1 aromatic heterocycles. The van der Waals surface area contributed by atoms with E-state index < -0.39 is 11.8 Å². The van der Waals surface area contributed by atoms with Gasteiger partial charge in [0, 0.05) is 0 Å². The minimum Gasteiger partial charge on any atom is -0.468 e. The van der Waals surface area contributed by atoms with E-state index in [9.17, 15) is 9.18 Å². The Bertz CT molecular complexity index is 288. The standard InChI is InChI=1S/C7H8FN3O2/c1-13-6(12)4-11-7-9-2-5(8)3-10-7/h2-3H,4H2,1H3,(H,9,10,11). The fourth-order valence-corrected chi connectivity index (χ4v) is 0.627. The first kappa shape index (κ1) is 9.37. The number of carbonyl (C=O) groups is 1. The molecule has 0 fully saturated rings. The number of ether oxygens (including phenoxy) is 1. The fraction of sp³-hybridized carbons (Fsp3) is 0.286. The third-order valence-corrected chi connectivity index (χ3v) is 1.24. The van der Waals surface area contributed by atoms with Crippen LogP contribution in [0.4, 0.5) is 10.3 Å². The molecule has 0 bridgehead atoms. The van der Waals surface area contributed by atoms with Gasteiger partial charge in [0.05, 0.1) is 19.5 Å².